The second kappa shape index (κ2) is 8.24. The number of rotatable bonds is 5. The molecule has 1 saturated heterocycles. The quantitative estimate of drug-likeness (QED) is 0.385. The average Bonchev–Trinajstić information content (AvgIpc) is 3.15. The number of benzene rings is 2. The van der Waals surface area contributed by atoms with Crippen molar-refractivity contribution >= 4 is 56.1 Å². The molecular formula is C23H22BrN3O2S. The highest BCUT2D eigenvalue weighted by Crippen LogP contribution is 2.29. The molecule has 0 bridgehead atoms. The molecule has 2 heterocycles. The van der Waals surface area contributed by atoms with Gasteiger partial charge in [0.05, 0.1) is 6.54 Å². The number of hydrogen-bond acceptors (Lipinski definition) is 3. The Labute approximate surface area is 189 Å². The predicted molar refractivity (Wildman–Crippen MR) is 127 cm³/mol. The molecule has 5 nitrogen and oxygen atoms in total. The zero-order valence-electron chi connectivity index (χ0n) is 17.1. The van der Waals surface area contributed by atoms with Crippen molar-refractivity contribution in [2.75, 3.05) is 20.7 Å². The molecule has 2 aromatic carbocycles. The van der Waals surface area contributed by atoms with Crippen LogP contribution in [0.15, 0.2) is 58.8 Å². The van der Waals surface area contributed by atoms with Gasteiger partial charge in [-0.05, 0) is 55.5 Å². The molecule has 1 aliphatic rings. The molecular weight excluding hydrogens is 462 g/mol. The number of carbonyl (C=O) groups excluding carboxylic acids is 1. The highest BCUT2D eigenvalue weighted by molar-refractivity contribution is 9.10. The Hall–Kier alpha value is -2.64. The third kappa shape index (κ3) is 3.87. The summed E-state index contributed by atoms with van der Waals surface area (Å²) < 4.78 is 9.06. The van der Waals surface area contributed by atoms with Crippen molar-refractivity contribution in [3.8, 4) is 5.75 Å². The summed E-state index contributed by atoms with van der Waals surface area (Å²) in [6.45, 7) is 3.29. The van der Waals surface area contributed by atoms with Crippen molar-refractivity contribution in [3.05, 3.63) is 70.0 Å². The number of hydrogen-bond donors (Lipinski definition) is 0. The van der Waals surface area contributed by atoms with Gasteiger partial charge >= 0.3 is 0 Å². The van der Waals surface area contributed by atoms with E-state index in [1.807, 2.05) is 43.5 Å². The maximum absolute atomic E-state index is 12.6. The molecule has 1 aromatic heterocycles. The Morgan fingerprint density at radius 2 is 1.83 bits per heavy atom. The Balaban J connectivity index is 1.64. The first kappa shape index (κ1) is 20.6. The van der Waals surface area contributed by atoms with E-state index < -0.39 is 0 Å². The Morgan fingerprint density at radius 1 is 1.10 bits per heavy atom. The van der Waals surface area contributed by atoms with Gasteiger partial charge < -0.3 is 14.2 Å². The van der Waals surface area contributed by atoms with Gasteiger partial charge in [-0.2, -0.15) is 0 Å². The van der Waals surface area contributed by atoms with Crippen molar-refractivity contribution in [1.29, 1.82) is 0 Å². The molecule has 154 valence electrons. The lowest BCUT2D eigenvalue weighted by Gasteiger charge is -2.10. The van der Waals surface area contributed by atoms with Crippen LogP contribution in [0.3, 0.4) is 0 Å². The van der Waals surface area contributed by atoms with E-state index in [4.69, 9.17) is 17.0 Å². The number of halogens is 1. The van der Waals surface area contributed by atoms with Gasteiger partial charge in [-0.3, -0.25) is 9.69 Å². The molecule has 7 heteroatoms. The third-order valence-electron chi connectivity index (χ3n) is 5.25. The van der Waals surface area contributed by atoms with Gasteiger partial charge in [0, 0.05) is 41.2 Å². The van der Waals surface area contributed by atoms with Crippen LogP contribution in [-0.2, 0) is 11.3 Å². The van der Waals surface area contributed by atoms with Crippen molar-refractivity contribution in [2.24, 2.45) is 0 Å². The summed E-state index contributed by atoms with van der Waals surface area (Å²) in [6.07, 6.45) is 3.97. The number of ether oxygens (including phenoxy) is 1. The minimum Gasteiger partial charge on any atom is -0.492 e. The fourth-order valence-electron chi connectivity index (χ4n) is 3.53. The zero-order chi connectivity index (χ0) is 21.4. The van der Waals surface area contributed by atoms with Crippen LogP contribution in [0, 0.1) is 6.92 Å². The lowest BCUT2D eigenvalue weighted by atomic mass is 10.1. The lowest BCUT2D eigenvalue weighted by Crippen LogP contribution is -2.26. The van der Waals surface area contributed by atoms with Crippen LogP contribution in [0.25, 0.3) is 17.0 Å². The van der Waals surface area contributed by atoms with Crippen LogP contribution in [0.4, 0.5) is 0 Å². The van der Waals surface area contributed by atoms with Crippen LogP contribution < -0.4 is 4.74 Å². The van der Waals surface area contributed by atoms with Crippen LogP contribution in [0.5, 0.6) is 5.75 Å². The maximum Gasteiger partial charge on any atom is 0.276 e. The van der Waals surface area contributed by atoms with E-state index in [0.717, 1.165) is 26.7 Å². The number of fused-ring (bicyclic) bond motifs is 1. The molecule has 1 amide bonds. The van der Waals surface area contributed by atoms with Gasteiger partial charge in [0.1, 0.15) is 18.1 Å². The summed E-state index contributed by atoms with van der Waals surface area (Å²) >= 11 is 8.89. The second-order valence-electron chi connectivity index (χ2n) is 7.34. The number of likely N-dealkylation sites (N-methyl/N-ethyl adjacent to an activating group) is 2. The first-order valence-corrected chi connectivity index (χ1v) is 10.8. The summed E-state index contributed by atoms with van der Waals surface area (Å²) in [5.74, 6) is 0.762. The predicted octanol–water partition coefficient (Wildman–Crippen LogP) is 4.82. The van der Waals surface area contributed by atoms with Gasteiger partial charge in [0.2, 0.25) is 0 Å². The van der Waals surface area contributed by atoms with E-state index in [9.17, 15) is 4.79 Å². The largest absolute Gasteiger partial charge is 0.492 e. The molecule has 0 aliphatic carbocycles. The molecule has 0 N–H and O–H groups in total. The van der Waals surface area contributed by atoms with Gasteiger partial charge in [0.25, 0.3) is 5.91 Å². The number of aryl methyl sites for hydroxylation is 1. The van der Waals surface area contributed by atoms with E-state index >= 15 is 0 Å². The molecule has 0 spiro atoms. The SMILES string of the molecule is Cc1ccc(OCCn2cc(/C=C3/C(=O)N(C)C(=S)N3C)c3cc(Br)ccc32)cc1. The summed E-state index contributed by atoms with van der Waals surface area (Å²) in [5.41, 5.74) is 3.83. The van der Waals surface area contributed by atoms with Crippen LogP contribution >= 0.6 is 28.1 Å². The fourth-order valence-corrected chi connectivity index (χ4v) is 4.07. The Morgan fingerprint density at radius 3 is 2.50 bits per heavy atom. The van der Waals surface area contributed by atoms with Gasteiger partial charge in [-0.25, -0.2) is 0 Å². The highest BCUT2D eigenvalue weighted by atomic mass is 79.9. The summed E-state index contributed by atoms with van der Waals surface area (Å²) in [6, 6.07) is 14.2. The second-order valence-corrected chi connectivity index (χ2v) is 8.62. The van der Waals surface area contributed by atoms with Crippen LogP contribution in [0.1, 0.15) is 11.1 Å². The molecule has 1 aliphatic heterocycles. The molecule has 1 fully saturated rings. The summed E-state index contributed by atoms with van der Waals surface area (Å²) in [7, 11) is 3.52. The fraction of sp³-hybridized carbons (Fsp3) is 0.217. The van der Waals surface area contributed by atoms with Gasteiger partial charge in [-0.1, -0.05) is 33.6 Å². The first-order chi connectivity index (χ1) is 14.3. The molecule has 0 unspecified atom stereocenters. The minimum absolute atomic E-state index is 0.0962. The number of nitrogens with zero attached hydrogens (tertiary/aromatic N) is 3. The van der Waals surface area contributed by atoms with Crippen molar-refractivity contribution < 1.29 is 9.53 Å². The van der Waals surface area contributed by atoms with Gasteiger partial charge in [-0.15, -0.1) is 0 Å². The molecule has 0 saturated carbocycles. The molecule has 4 rings (SSSR count). The Kier molecular flexibility index (Phi) is 5.66. The zero-order valence-corrected chi connectivity index (χ0v) is 19.5. The topological polar surface area (TPSA) is 37.7 Å². The number of aromatic nitrogens is 1. The molecule has 30 heavy (non-hydrogen) atoms. The molecule has 0 atom stereocenters. The smallest absolute Gasteiger partial charge is 0.276 e. The maximum atomic E-state index is 12.6. The van der Waals surface area contributed by atoms with E-state index in [0.29, 0.717) is 24.0 Å². The normalized spacial score (nSPS) is 15.7. The van der Waals surface area contributed by atoms with Crippen LogP contribution in [0.2, 0.25) is 0 Å². The number of amides is 1. The Bertz CT molecular complexity index is 1170. The molecule has 3 aromatic rings. The molecule has 0 radical (unpaired) electrons. The first-order valence-electron chi connectivity index (χ1n) is 9.60. The third-order valence-corrected chi connectivity index (χ3v) is 6.29. The van der Waals surface area contributed by atoms with E-state index in [1.165, 1.54) is 10.5 Å². The number of carbonyl (C=O) groups is 1. The van der Waals surface area contributed by atoms with Crippen molar-refractivity contribution in [2.45, 2.75) is 13.5 Å². The summed E-state index contributed by atoms with van der Waals surface area (Å²) in [4.78, 5) is 15.8. The monoisotopic (exact) mass is 483 g/mol. The van der Waals surface area contributed by atoms with Crippen LogP contribution in [-0.4, -0.2) is 46.1 Å². The summed E-state index contributed by atoms with van der Waals surface area (Å²) in [5, 5.41) is 1.57. The van der Waals surface area contributed by atoms with Crippen molar-refractivity contribution in [1.82, 2.24) is 14.4 Å². The standard InChI is InChI=1S/C23H22BrN3O2S/c1-15-4-7-18(8-5-15)29-11-10-27-14-16(19-13-17(24)6-9-20(19)27)12-21-22(28)26(3)23(30)25(21)2/h4-9,12-14H,10-11H2,1-3H3/b21-12-. The number of thiocarbonyl (C=S) groups is 1. The van der Waals surface area contributed by atoms with Gasteiger partial charge in [0.15, 0.2) is 5.11 Å². The van der Waals surface area contributed by atoms with E-state index in [-0.39, 0.29) is 5.91 Å². The highest BCUT2D eigenvalue weighted by Gasteiger charge is 2.32. The minimum atomic E-state index is -0.0962. The lowest BCUT2D eigenvalue weighted by molar-refractivity contribution is -0.121. The van der Waals surface area contributed by atoms with E-state index in [1.54, 1.807) is 11.9 Å². The average molecular weight is 484 g/mol. The van der Waals surface area contributed by atoms with E-state index in [2.05, 4.69) is 45.8 Å². The van der Waals surface area contributed by atoms with Crippen molar-refractivity contribution in [3.63, 3.8) is 0 Å².